The van der Waals surface area contributed by atoms with Crippen molar-refractivity contribution in [1.29, 1.82) is 0 Å². The molecule has 0 unspecified atom stereocenters. The first kappa shape index (κ1) is 12.2. The first-order valence-corrected chi connectivity index (χ1v) is 9.63. The maximum absolute atomic E-state index is 2.27. The molecule has 3 aromatic carbocycles. The average Bonchev–Trinajstić information content (AvgIpc) is 2.51. The van der Waals surface area contributed by atoms with Gasteiger partial charge in [0.05, 0.1) is 0 Å². The first-order chi connectivity index (χ1) is 9.45. The van der Waals surface area contributed by atoms with E-state index in [2.05, 4.69) is 91.0 Å². The van der Waals surface area contributed by atoms with E-state index < -0.39 is 14.3 Å². The van der Waals surface area contributed by atoms with E-state index in [-0.39, 0.29) is 1.43 Å². The maximum atomic E-state index is 2.27. The third-order valence-electron chi connectivity index (χ3n) is 3.19. The molecule has 0 aliphatic carbocycles. The van der Waals surface area contributed by atoms with Crippen LogP contribution in [0, 0.1) is 0 Å². The van der Waals surface area contributed by atoms with Crippen molar-refractivity contribution in [1.82, 2.24) is 0 Å². The van der Waals surface area contributed by atoms with Crippen LogP contribution in [0.2, 0.25) is 0 Å². The molecule has 0 N–H and O–H groups in total. The quantitative estimate of drug-likeness (QED) is 0.652. The van der Waals surface area contributed by atoms with Crippen LogP contribution in [-0.4, -0.2) is 14.3 Å². The van der Waals surface area contributed by atoms with Crippen LogP contribution >= 0.6 is 0 Å². The zero-order chi connectivity index (χ0) is 12.9. The van der Waals surface area contributed by atoms with E-state index in [0.29, 0.717) is 0 Å². The molecule has 0 aromatic heterocycles. The predicted molar refractivity (Wildman–Crippen MR) is 85.1 cm³/mol. The molecule has 0 amide bonds. The van der Waals surface area contributed by atoms with Crippen molar-refractivity contribution in [3.63, 3.8) is 0 Å². The summed E-state index contributed by atoms with van der Waals surface area (Å²) >= 11 is -1.63. The van der Waals surface area contributed by atoms with E-state index in [1.54, 1.807) is 0 Å². The van der Waals surface area contributed by atoms with Crippen LogP contribution in [0.3, 0.4) is 0 Å². The summed E-state index contributed by atoms with van der Waals surface area (Å²) < 4.78 is 4.50. The second-order valence-corrected chi connectivity index (χ2v) is 9.68. The van der Waals surface area contributed by atoms with Crippen molar-refractivity contribution >= 4 is 27.5 Å². The summed E-state index contributed by atoms with van der Waals surface area (Å²) in [5.74, 6) is 0. The summed E-state index contributed by atoms with van der Waals surface area (Å²) in [6.45, 7) is 0. The number of hydrogen-bond acceptors (Lipinski definition) is 0. The Morgan fingerprint density at radius 3 is 0.947 bits per heavy atom. The zero-order valence-electron chi connectivity index (χ0n) is 11.7. The van der Waals surface area contributed by atoms with Gasteiger partial charge in [0, 0.05) is 0 Å². The van der Waals surface area contributed by atoms with E-state index in [9.17, 15) is 0 Å². The Morgan fingerprint density at radius 2 is 0.684 bits per heavy atom. The van der Waals surface area contributed by atoms with Gasteiger partial charge in [0.2, 0.25) is 0 Å². The number of hydrogen-bond donors (Lipinski definition) is 0. The molecule has 0 saturated carbocycles. The second kappa shape index (κ2) is 5.90. The molecule has 0 nitrogen and oxygen atoms in total. The van der Waals surface area contributed by atoms with Gasteiger partial charge < -0.3 is 1.43 Å². The molecule has 0 spiro atoms. The second-order valence-electron chi connectivity index (χ2n) is 4.47. The van der Waals surface area contributed by atoms with Gasteiger partial charge in [-0.25, -0.2) is 0 Å². The fraction of sp³-hybridized carbons (Fsp3) is 0. The van der Waals surface area contributed by atoms with Gasteiger partial charge in [0.25, 0.3) is 0 Å². The summed E-state index contributed by atoms with van der Waals surface area (Å²) in [5, 5.41) is 0. The average molecular weight is 305 g/mol. The molecule has 3 rings (SSSR count). The predicted octanol–water partition coefficient (Wildman–Crippen LogP) is 2.32. The van der Waals surface area contributed by atoms with Crippen LogP contribution in [0.4, 0.5) is 0 Å². The third-order valence-corrected chi connectivity index (χ3v) is 8.92. The molecule has 0 radical (unpaired) electrons. The Kier molecular flexibility index (Phi) is 3.80. The van der Waals surface area contributed by atoms with Gasteiger partial charge in [-0.3, -0.25) is 0 Å². The standard InChI is InChI=1S/C18H15Ge.H/c1-4-10-16(11-5-1)19(17-12-6-2-7-13-17)18-14-8-3-9-15-18;/h1-15H;/q+1;-1. The van der Waals surface area contributed by atoms with Gasteiger partial charge in [-0.1, -0.05) is 0 Å². The van der Waals surface area contributed by atoms with E-state index in [0.717, 1.165) is 0 Å². The Labute approximate surface area is 120 Å². The van der Waals surface area contributed by atoms with Crippen LogP contribution in [0.15, 0.2) is 91.0 Å². The van der Waals surface area contributed by atoms with Crippen molar-refractivity contribution < 1.29 is 1.43 Å². The molecule has 19 heavy (non-hydrogen) atoms. The third kappa shape index (κ3) is 2.79. The van der Waals surface area contributed by atoms with Crippen LogP contribution in [0.1, 0.15) is 1.43 Å². The molecule has 0 atom stereocenters. The van der Waals surface area contributed by atoms with Crippen molar-refractivity contribution in [3.05, 3.63) is 91.0 Å². The topological polar surface area (TPSA) is 0 Å². The van der Waals surface area contributed by atoms with E-state index in [4.69, 9.17) is 0 Å². The van der Waals surface area contributed by atoms with Crippen molar-refractivity contribution in [2.75, 3.05) is 0 Å². The molecule has 0 fully saturated rings. The molecule has 0 aliphatic heterocycles. The molecule has 1 heteroatoms. The van der Waals surface area contributed by atoms with Gasteiger partial charge >= 0.3 is 119 Å². The molecule has 3 aromatic rings. The van der Waals surface area contributed by atoms with Crippen LogP contribution in [-0.2, 0) is 0 Å². The fourth-order valence-electron chi connectivity index (χ4n) is 2.31. The minimum absolute atomic E-state index is 0. The summed E-state index contributed by atoms with van der Waals surface area (Å²) in [6.07, 6.45) is 0. The molecule has 92 valence electrons. The van der Waals surface area contributed by atoms with Crippen LogP contribution in [0.25, 0.3) is 0 Å². The number of rotatable bonds is 3. The molecule has 0 saturated heterocycles. The molecular weight excluding hydrogens is 289 g/mol. The van der Waals surface area contributed by atoms with E-state index >= 15 is 0 Å². The Morgan fingerprint density at radius 1 is 0.421 bits per heavy atom. The van der Waals surface area contributed by atoms with Crippen molar-refractivity contribution in [2.24, 2.45) is 0 Å². The fourth-order valence-corrected chi connectivity index (χ4v) is 7.72. The normalized spacial score (nSPS) is 10.1. The van der Waals surface area contributed by atoms with Gasteiger partial charge in [-0.2, -0.15) is 0 Å². The van der Waals surface area contributed by atoms with Gasteiger partial charge in [0.1, 0.15) is 0 Å². The van der Waals surface area contributed by atoms with Crippen molar-refractivity contribution in [2.45, 2.75) is 0 Å². The molecule has 0 aliphatic rings. The van der Waals surface area contributed by atoms with Crippen LogP contribution < -0.4 is 13.2 Å². The van der Waals surface area contributed by atoms with E-state index in [1.807, 2.05) is 0 Å². The molecular formula is C18H16Ge. The molecule has 0 bridgehead atoms. The Bertz CT molecular complexity index is 529. The summed E-state index contributed by atoms with van der Waals surface area (Å²) in [7, 11) is 0. The van der Waals surface area contributed by atoms with Gasteiger partial charge in [0.15, 0.2) is 0 Å². The SMILES string of the molecule is [H-].c1cc[c]([Ge+]([c]2ccccc2)[c]2ccccc2)cc1. The summed E-state index contributed by atoms with van der Waals surface area (Å²) in [4.78, 5) is 0. The summed E-state index contributed by atoms with van der Waals surface area (Å²) in [5.41, 5.74) is 0. The van der Waals surface area contributed by atoms with Gasteiger partial charge in [-0.15, -0.1) is 0 Å². The zero-order valence-corrected chi connectivity index (χ0v) is 12.8. The van der Waals surface area contributed by atoms with Crippen LogP contribution in [0.5, 0.6) is 0 Å². The number of benzene rings is 3. The Balaban J connectivity index is 0.00000147. The van der Waals surface area contributed by atoms with Crippen molar-refractivity contribution in [3.8, 4) is 0 Å². The minimum atomic E-state index is -1.63. The first-order valence-electron chi connectivity index (χ1n) is 6.48. The van der Waals surface area contributed by atoms with Gasteiger partial charge in [-0.05, 0) is 0 Å². The monoisotopic (exact) mass is 306 g/mol. The molecule has 0 heterocycles. The summed E-state index contributed by atoms with van der Waals surface area (Å²) in [6, 6.07) is 32.8. The van der Waals surface area contributed by atoms with E-state index in [1.165, 1.54) is 13.2 Å². The Hall–Kier alpha value is -1.80.